The fourth-order valence-corrected chi connectivity index (χ4v) is 3.04. The van der Waals surface area contributed by atoms with Crippen LogP contribution in [0.5, 0.6) is 0 Å². The predicted octanol–water partition coefficient (Wildman–Crippen LogP) is 2.26. The molecule has 2 saturated carbocycles. The van der Waals surface area contributed by atoms with E-state index in [0.29, 0.717) is 6.54 Å². The van der Waals surface area contributed by atoms with Crippen molar-refractivity contribution in [2.24, 2.45) is 17.8 Å². The molecule has 19 heavy (non-hydrogen) atoms. The largest absolute Gasteiger partial charge is 0.352 e. The van der Waals surface area contributed by atoms with E-state index in [-0.39, 0.29) is 17.5 Å². The zero-order chi connectivity index (χ0) is 13.4. The van der Waals surface area contributed by atoms with Gasteiger partial charge in [0.1, 0.15) is 0 Å². The molecule has 0 radical (unpaired) electrons. The summed E-state index contributed by atoms with van der Waals surface area (Å²) in [5.41, 5.74) is 0.833. The third-order valence-electron chi connectivity index (χ3n) is 4.20. The molecular formula is C14H16N2O3. The van der Waals surface area contributed by atoms with E-state index in [4.69, 9.17) is 0 Å². The molecule has 1 aromatic carbocycles. The fourth-order valence-electron chi connectivity index (χ4n) is 3.04. The quantitative estimate of drug-likeness (QED) is 0.666. The van der Waals surface area contributed by atoms with Crippen molar-refractivity contribution in [1.82, 2.24) is 5.32 Å². The maximum atomic E-state index is 12.0. The van der Waals surface area contributed by atoms with Crippen LogP contribution in [-0.4, -0.2) is 10.8 Å². The first kappa shape index (κ1) is 12.1. The molecule has 1 N–H and O–H groups in total. The number of hydrogen-bond donors (Lipinski definition) is 1. The number of nitrogens with zero attached hydrogens (tertiary/aromatic N) is 1. The van der Waals surface area contributed by atoms with E-state index < -0.39 is 4.92 Å². The van der Waals surface area contributed by atoms with Crippen LogP contribution in [-0.2, 0) is 11.3 Å². The Balaban J connectivity index is 1.55. The molecule has 0 aliphatic heterocycles. The van der Waals surface area contributed by atoms with Crippen molar-refractivity contribution in [2.75, 3.05) is 0 Å². The highest BCUT2D eigenvalue weighted by Crippen LogP contribution is 2.54. The highest BCUT2D eigenvalue weighted by atomic mass is 16.6. The monoisotopic (exact) mass is 260 g/mol. The molecule has 0 saturated heterocycles. The Morgan fingerprint density at radius 3 is 2.74 bits per heavy atom. The zero-order valence-electron chi connectivity index (χ0n) is 10.5. The third kappa shape index (κ3) is 2.59. The van der Waals surface area contributed by atoms with Gasteiger partial charge in [-0.25, -0.2) is 0 Å². The van der Waals surface area contributed by atoms with Gasteiger partial charge in [-0.2, -0.15) is 0 Å². The molecule has 1 aromatic rings. The van der Waals surface area contributed by atoms with E-state index in [1.54, 1.807) is 12.1 Å². The van der Waals surface area contributed by atoms with Crippen LogP contribution in [0.25, 0.3) is 0 Å². The first-order valence-corrected chi connectivity index (χ1v) is 6.64. The van der Waals surface area contributed by atoms with Crippen molar-refractivity contribution in [3.8, 4) is 0 Å². The average Bonchev–Trinajstić information content (AvgIpc) is 3.03. The molecule has 1 amide bonds. The van der Waals surface area contributed by atoms with Gasteiger partial charge in [-0.1, -0.05) is 12.1 Å². The number of rotatable bonds is 4. The Morgan fingerprint density at radius 2 is 2.05 bits per heavy atom. The first-order valence-electron chi connectivity index (χ1n) is 6.64. The molecule has 2 aliphatic carbocycles. The predicted molar refractivity (Wildman–Crippen MR) is 69.3 cm³/mol. The van der Waals surface area contributed by atoms with Crippen LogP contribution < -0.4 is 5.32 Å². The molecule has 2 aliphatic rings. The first-order chi connectivity index (χ1) is 9.13. The van der Waals surface area contributed by atoms with E-state index in [9.17, 15) is 14.9 Å². The minimum absolute atomic E-state index is 0.0638. The summed E-state index contributed by atoms with van der Waals surface area (Å²) in [6, 6.07) is 6.39. The highest BCUT2D eigenvalue weighted by molar-refractivity contribution is 5.79. The second kappa shape index (κ2) is 4.64. The number of non-ortho nitro benzene ring substituents is 1. The molecule has 3 rings (SSSR count). The van der Waals surface area contributed by atoms with Crippen molar-refractivity contribution in [3.63, 3.8) is 0 Å². The molecule has 0 spiro atoms. The summed E-state index contributed by atoms with van der Waals surface area (Å²) in [5.74, 6) is 1.82. The second-order valence-electron chi connectivity index (χ2n) is 5.57. The standard InChI is InChI=1S/C14H16N2O3/c17-14(12-6-10-5-11(10)7-12)15-8-9-2-1-3-13(4-9)16(18)19/h1-4,10-12H,5-8H2,(H,15,17). The molecular weight excluding hydrogens is 244 g/mol. The lowest BCUT2D eigenvalue weighted by atomic mass is 10.0. The lowest BCUT2D eigenvalue weighted by Gasteiger charge is -2.12. The van der Waals surface area contributed by atoms with Gasteiger partial charge in [0.15, 0.2) is 0 Å². The molecule has 5 heteroatoms. The number of amides is 1. The van der Waals surface area contributed by atoms with E-state index in [2.05, 4.69) is 5.32 Å². The van der Waals surface area contributed by atoms with Gasteiger partial charge < -0.3 is 5.32 Å². The van der Waals surface area contributed by atoms with E-state index in [1.807, 2.05) is 0 Å². The van der Waals surface area contributed by atoms with Crippen LogP contribution in [0.15, 0.2) is 24.3 Å². The van der Waals surface area contributed by atoms with Gasteiger partial charge in [-0.15, -0.1) is 0 Å². The van der Waals surface area contributed by atoms with Crippen molar-refractivity contribution in [2.45, 2.75) is 25.8 Å². The summed E-state index contributed by atoms with van der Waals surface area (Å²) < 4.78 is 0. The van der Waals surface area contributed by atoms with Gasteiger partial charge in [0.25, 0.3) is 5.69 Å². The summed E-state index contributed by atoms with van der Waals surface area (Å²) >= 11 is 0. The summed E-state index contributed by atoms with van der Waals surface area (Å²) in [6.07, 6.45) is 3.34. The second-order valence-corrected chi connectivity index (χ2v) is 5.57. The Hall–Kier alpha value is -1.91. The smallest absolute Gasteiger partial charge is 0.269 e. The number of benzene rings is 1. The van der Waals surface area contributed by atoms with Crippen LogP contribution in [0.4, 0.5) is 5.69 Å². The minimum Gasteiger partial charge on any atom is -0.352 e. The zero-order valence-corrected chi connectivity index (χ0v) is 10.5. The lowest BCUT2D eigenvalue weighted by molar-refractivity contribution is -0.384. The Labute approximate surface area is 111 Å². The number of carbonyl (C=O) groups excluding carboxylic acids is 1. The highest BCUT2D eigenvalue weighted by Gasteiger charge is 2.47. The van der Waals surface area contributed by atoms with E-state index in [1.165, 1.54) is 18.6 Å². The van der Waals surface area contributed by atoms with Gasteiger partial charge in [0.05, 0.1) is 4.92 Å². The number of nitrogens with one attached hydrogen (secondary N) is 1. The molecule has 5 nitrogen and oxygen atoms in total. The van der Waals surface area contributed by atoms with E-state index >= 15 is 0 Å². The topological polar surface area (TPSA) is 72.2 Å². The van der Waals surface area contributed by atoms with Crippen molar-refractivity contribution < 1.29 is 9.72 Å². The number of fused-ring (bicyclic) bond motifs is 1. The summed E-state index contributed by atoms with van der Waals surface area (Å²) in [5, 5.41) is 13.5. The van der Waals surface area contributed by atoms with Crippen LogP contribution >= 0.6 is 0 Å². The molecule has 0 aromatic heterocycles. The van der Waals surface area contributed by atoms with Gasteiger partial charge in [-0.05, 0) is 36.7 Å². The maximum absolute atomic E-state index is 12.0. The van der Waals surface area contributed by atoms with Gasteiger partial charge >= 0.3 is 0 Å². The Bertz CT molecular complexity index is 519. The third-order valence-corrected chi connectivity index (χ3v) is 4.20. The van der Waals surface area contributed by atoms with Crippen LogP contribution in [0.2, 0.25) is 0 Å². The number of hydrogen-bond acceptors (Lipinski definition) is 3. The van der Waals surface area contributed by atoms with Gasteiger partial charge in [-0.3, -0.25) is 14.9 Å². The van der Waals surface area contributed by atoms with Crippen molar-refractivity contribution in [3.05, 3.63) is 39.9 Å². The SMILES string of the molecule is O=C(NCc1cccc([N+](=O)[O-])c1)C1CC2CC2C1. The molecule has 2 atom stereocenters. The molecule has 0 heterocycles. The van der Waals surface area contributed by atoms with E-state index in [0.717, 1.165) is 30.2 Å². The summed E-state index contributed by atoms with van der Waals surface area (Å²) in [4.78, 5) is 22.2. The molecule has 2 fully saturated rings. The number of nitro benzene ring substituents is 1. The molecule has 2 unspecified atom stereocenters. The van der Waals surface area contributed by atoms with Crippen LogP contribution in [0.3, 0.4) is 0 Å². The number of nitro groups is 1. The molecule has 0 bridgehead atoms. The van der Waals surface area contributed by atoms with Crippen molar-refractivity contribution >= 4 is 11.6 Å². The fraction of sp³-hybridized carbons (Fsp3) is 0.500. The van der Waals surface area contributed by atoms with Gasteiger partial charge in [0, 0.05) is 24.6 Å². The lowest BCUT2D eigenvalue weighted by Crippen LogP contribution is -2.29. The summed E-state index contributed by atoms with van der Waals surface area (Å²) in [6.45, 7) is 0.367. The molecule has 100 valence electrons. The number of carbonyl (C=O) groups is 1. The average molecular weight is 260 g/mol. The Kier molecular flexibility index (Phi) is 2.97. The summed E-state index contributed by atoms with van der Waals surface area (Å²) in [7, 11) is 0. The Morgan fingerprint density at radius 1 is 1.32 bits per heavy atom. The minimum atomic E-state index is -0.421. The van der Waals surface area contributed by atoms with Crippen LogP contribution in [0.1, 0.15) is 24.8 Å². The maximum Gasteiger partial charge on any atom is 0.269 e. The van der Waals surface area contributed by atoms with Gasteiger partial charge in [0.2, 0.25) is 5.91 Å². The van der Waals surface area contributed by atoms with Crippen molar-refractivity contribution in [1.29, 1.82) is 0 Å². The van der Waals surface area contributed by atoms with Crippen LogP contribution in [0, 0.1) is 27.9 Å². The normalized spacial score (nSPS) is 27.7.